The Morgan fingerprint density at radius 2 is 0.784 bits per heavy atom. The van der Waals surface area contributed by atoms with Gasteiger partial charge in [0.15, 0.2) is 46.0 Å². The van der Waals surface area contributed by atoms with Crippen LogP contribution in [0.25, 0.3) is 65.7 Å². The highest BCUT2D eigenvalue weighted by molar-refractivity contribution is 6.17. The number of cyclic esters (lactones) is 3. The first-order chi connectivity index (χ1) is 42.9. The first-order valence-corrected chi connectivity index (χ1v) is 27.4. The van der Waals surface area contributed by atoms with E-state index in [1.807, 2.05) is 24.3 Å². The number of benzene rings is 9. The van der Waals surface area contributed by atoms with Crippen molar-refractivity contribution >= 4 is 50.2 Å². The Kier molecular flexibility index (Phi) is 14.7. The van der Waals surface area contributed by atoms with E-state index in [1.54, 1.807) is 74.9 Å². The summed E-state index contributed by atoms with van der Waals surface area (Å²) in [5.74, 6) is 4.65. The highest BCUT2D eigenvalue weighted by atomic mass is 16.7. The van der Waals surface area contributed by atoms with E-state index < -0.39 is 17.9 Å². The van der Waals surface area contributed by atoms with Crippen LogP contribution in [0.3, 0.4) is 0 Å². The molecule has 0 unspecified atom stereocenters. The molecule has 0 aliphatic carbocycles. The number of phenolic OH excluding ortho intramolecular Hbond substituents is 1. The third-order valence-corrected chi connectivity index (χ3v) is 16.3. The number of aliphatic hydroxyl groups excluding tert-OH is 4. The summed E-state index contributed by atoms with van der Waals surface area (Å²) in [5.41, 5.74) is 9.17. The maximum Gasteiger partial charge on any atom is 0.339 e. The number of hydrogen-bond acceptors (Lipinski definition) is 22. The molecule has 0 atom stereocenters. The van der Waals surface area contributed by atoms with Crippen molar-refractivity contribution in [2.24, 2.45) is 0 Å². The molecule has 0 spiro atoms. The fourth-order valence-electron chi connectivity index (χ4n) is 12.3. The van der Waals surface area contributed by atoms with Crippen LogP contribution in [0.5, 0.6) is 69.0 Å². The van der Waals surface area contributed by atoms with Crippen LogP contribution in [0.15, 0.2) is 84.9 Å². The number of phenols is 1. The highest BCUT2D eigenvalue weighted by Crippen LogP contribution is 2.53. The number of aromatic hydroxyl groups is 1. The fourth-order valence-corrected chi connectivity index (χ4v) is 12.3. The summed E-state index contributed by atoms with van der Waals surface area (Å²) < 4.78 is 76.4. The van der Waals surface area contributed by atoms with Crippen LogP contribution >= 0.6 is 0 Å². The van der Waals surface area contributed by atoms with Crippen molar-refractivity contribution in [3.8, 4) is 102 Å². The van der Waals surface area contributed by atoms with Gasteiger partial charge in [-0.1, -0.05) is 18.2 Å². The minimum Gasteiger partial charge on any atom is -0.507 e. The fraction of sp³-hybridized carbons (Fsp3) is 0.227. The first kappa shape index (κ1) is 56.7. The number of rotatable bonds is 12. The standard InChI is InChI=1S/C23H20O8.C22H18O7.C21H16O7/c1-27-21-14(8-25)12(7-24)5-13-18(11-3-4-16-17(6-11)31-10-30-16)19-15(9-29-23(19)26)22(28-2)20(13)21;1-26-21-15-5-13(8-24)12(7-23)4-14(15)19(20-16(21)9-27-22(20)25)11-2-3-17-18(6-11)29-10-28-17;1-24-14-4-3-10(5-15(14)25-2)18-11-6-16-17(28-9-27-16)7-12(11)20(22)13-8-26-21(23)19(13)18/h3-6,24-25H,7-10H2,1-2H3;2-6,23-24H,7-10H2,1H3;3-7,22H,8-9H2,1-2H3. The van der Waals surface area contributed by atoms with E-state index in [2.05, 4.69) is 0 Å². The summed E-state index contributed by atoms with van der Waals surface area (Å²) in [6, 6.07) is 25.1. The van der Waals surface area contributed by atoms with Gasteiger partial charge in [0.1, 0.15) is 42.8 Å². The molecule has 22 heteroatoms. The minimum atomic E-state index is -0.477. The zero-order valence-electron chi connectivity index (χ0n) is 47.8. The molecule has 6 aliphatic heterocycles. The number of methoxy groups -OCH3 is 5. The van der Waals surface area contributed by atoms with E-state index in [4.69, 9.17) is 66.3 Å². The Morgan fingerprint density at radius 1 is 0.364 bits per heavy atom. The Hall–Kier alpha value is -10.4. The molecule has 9 aromatic carbocycles. The number of carbonyl (C=O) groups is 3. The van der Waals surface area contributed by atoms with Gasteiger partial charge in [-0.05, 0) is 116 Å². The van der Waals surface area contributed by atoms with Crippen LogP contribution in [0, 0.1) is 0 Å². The van der Waals surface area contributed by atoms with Gasteiger partial charge in [-0.25, -0.2) is 14.4 Å². The largest absolute Gasteiger partial charge is 0.507 e. The lowest BCUT2D eigenvalue weighted by Gasteiger charge is -2.21. The third kappa shape index (κ3) is 9.05. The third-order valence-electron chi connectivity index (χ3n) is 16.3. The molecule has 5 N–H and O–H groups in total. The molecule has 0 aromatic heterocycles. The van der Waals surface area contributed by atoms with E-state index >= 15 is 0 Å². The maximum atomic E-state index is 12.8. The average molecular weight is 1200 g/mol. The smallest absolute Gasteiger partial charge is 0.339 e. The molecule has 450 valence electrons. The zero-order chi connectivity index (χ0) is 61.2. The van der Waals surface area contributed by atoms with Gasteiger partial charge in [0.2, 0.25) is 20.4 Å². The highest BCUT2D eigenvalue weighted by Gasteiger charge is 2.37. The predicted molar refractivity (Wildman–Crippen MR) is 312 cm³/mol. The van der Waals surface area contributed by atoms with Crippen molar-refractivity contribution in [1.29, 1.82) is 0 Å². The van der Waals surface area contributed by atoms with Crippen molar-refractivity contribution in [3.05, 3.63) is 141 Å². The normalized spacial score (nSPS) is 14.1. The Bertz CT molecular complexity index is 4430. The minimum absolute atomic E-state index is 0.0124. The monoisotopic (exact) mass is 1200 g/mol. The second kappa shape index (κ2) is 22.8. The topological polar surface area (TPSA) is 282 Å². The molecule has 88 heavy (non-hydrogen) atoms. The van der Waals surface area contributed by atoms with Gasteiger partial charge in [0.25, 0.3) is 0 Å². The lowest BCUT2D eigenvalue weighted by molar-refractivity contribution is 0.0525. The molecule has 6 heterocycles. The van der Waals surface area contributed by atoms with Crippen LogP contribution in [0.1, 0.15) is 70.0 Å². The van der Waals surface area contributed by atoms with Gasteiger partial charge in [0.05, 0.1) is 84.1 Å². The van der Waals surface area contributed by atoms with Crippen LogP contribution in [-0.2, 0) is 60.5 Å². The number of ether oxygens (including phenoxy) is 14. The SMILES string of the molecule is COc1c(CO)c(CO)cc2c(-c3ccc4c(c3)OCO4)c3c(c(OC)c12)COC3=O.COc1c2c(c(-c3ccc4c(c3)OCO4)c3cc(CO)c(CO)cc13)C(=O)OC2.COc1ccc(-c2c3c(c(O)c4cc5c(cc24)OCO5)COC3=O)cc1OC. The van der Waals surface area contributed by atoms with Crippen molar-refractivity contribution in [2.75, 3.05) is 55.9 Å². The van der Waals surface area contributed by atoms with E-state index in [0.29, 0.717) is 157 Å². The first-order valence-electron chi connectivity index (χ1n) is 27.4. The van der Waals surface area contributed by atoms with Crippen LogP contribution in [-0.4, -0.2) is 99.4 Å². The summed E-state index contributed by atoms with van der Waals surface area (Å²) in [7, 11) is 7.65. The lowest BCUT2D eigenvalue weighted by Crippen LogP contribution is -2.05. The Labute approximate surface area is 499 Å². The molecule has 6 aliphatic rings. The quantitative estimate of drug-likeness (QED) is 0.0562. The molecule has 0 saturated heterocycles. The molecule has 0 fully saturated rings. The summed E-state index contributed by atoms with van der Waals surface area (Å²) in [6.45, 7) is -0.523. The van der Waals surface area contributed by atoms with Crippen molar-refractivity contribution in [2.45, 2.75) is 46.2 Å². The van der Waals surface area contributed by atoms with E-state index in [-0.39, 0.29) is 72.4 Å². The molecule has 0 amide bonds. The molecule has 15 rings (SSSR count). The maximum absolute atomic E-state index is 12.8. The molecular formula is C66H54O22. The number of fused-ring (bicyclic) bond motifs is 9. The second-order valence-electron chi connectivity index (χ2n) is 20.6. The van der Waals surface area contributed by atoms with Gasteiger partial charge < -0.3 is 91.8 Å². The summed E-state index contributed by atoms with van der Waals surface area (Å²) >= 11 is 0. The van der Waals surface area contributed by atoms with Gasteiger partial charge in [0, 0.05) is 49.7 Å². The van der Waals surface area contributed by atoms with Crippen LogP contribution < -0.4 is 52.1 Å². The van der Waals surface area contributed by atoms with Crippen LogP contribution in [0.4, 0.5) is 0 Å². The Balaban J connectivity index is 0.000000122. The van der Waals surface area contributed by atoms with E-state index in [9.17, 15) is 39.9 Å². The average Bonchev–Trinajstić information content (AvgIpc) is 2.28. The summed E-state index contributed by atoms with van der Waals surface area (Å²) in [4.78, 5) is 38.0. The van der Waals surface area contributed by atoms with E-state index in [0.717, 1.165) is 27.5 Å². The molecule has 0 radical (unpaired) electrons. The number of aliphatic hydroxyl groups is 4. The Morgan fingerprint density at radius 3 is 1.30 bits per heavy atom. The summed E-state index contributed by atoms with van der Waals surface area (Å²) in [6.07, 6.45) is 0. The molecule has 9 aromatic rings. The number of hydrogen-bond donors (Lipinski definition) is 5. The zero-order valence-corrected chi connectivity index (χ0v) is 47.8. The van der Waals surface area contributed by atoms with Gasteiger partial charge in [-0.2, -0.15) is 0 Å². The van der Waals surface area contributed by atoms with Crippen LogP contribution in [0.2, 0.25) is 0 Å². The van der Waals surface area contributed by atoms with Crippen molar-refractivity contribution in [3.63, 3.8) is 0 Å². The molecule has 0 bridgehead atoms. The predicted octanol–water partition coefficient (Wildman–Crippen LogP) is 9.44. The lowest BCUT2D eigenvalue weighted by atomic mass is 9.87. The summed E-state index contributed by atoms with van der Waals surface area (Å²) in [5, 5.41) is 54.2. The van der Waals surface area contributed by atoms with Crippen molar-refractivity contribution in [1.82, 2.24) is 0 Å². The molecule has 22 nitrogen and oxygen atoms in total. The van der Waals surface area contributed by atoms with Gasteiger partial charge >= 0.3 is 17.9 Å². The second-order valence-corrected chi connectivity index (χ2v) is 20.6. The molecule has 0 saturated carbocycles. The van der Waals surface area contributed by atoms with E-state index in [1.165, 1.54) is 21.3 Å². The van der Waals surface area contributed by atoms with Gasteiger partial charge in [-0.15, -0.1) is 0 Å². The number of carbonyl (C=O) groups excluding carboxylic acids is 3. The van der Waals surface area contributed by atoms with Crippen molar-refractivity contribution < 1.29 is 106 Å². The van der Waals surface area contributed by atoms with Gasteiger partial charge in [-0.3, -0.25) is 0 Å². The molecular weight excluding hydrogens is 1140 g/mol. The number of esters is 3.